The van der Waals surface area contributed by atoms with E-state index in [1.807, 2.05) is 12.1 Å². The Hall–Kier alpha value is -1.22. The van der Waals surface area contributed by atoms with Crippen molar-refractivity contribution in [3.63, 3.8) is 0 Å². The number of nitrogens with zero attached hydrogens (tertiary/aromatic N) is 1. The Kier molecular flexibility index (Phi) is 5.72. The van der Waals surface area contributed by atoms with Gasteiger partial charge in [0.05, 0.1) is 0 Å². The molecule has 0 aromatic heterocycles. The van der Waals surface area contributed by atoms with E-state index in [0.29, 0.717) is 5.75 Å². The number of methoxy groups -OCH3 is 1. The molecule has 0 heterocycles. The van der Waals surface area contributed by atoms with Gasteiger partial charge < -0.3 is 14.7 Å². The highest BCUT2D eigenvalue weighted by Crippen LogP contribution is 2.18. The Morgan fingerprint density at radius 1 is 1.19 bits per heavy atom. The molecular weight excluding hydrogens is 202 g/mol. The molecule has 0 atom stereocenters. The van der Waals surface area contributed by atoms with E-state index < -0.39 is 0 Å². The maximum atomic E-state index is 9.24. The van der Waals surface area contributed by atoms with Crippen molar-refractivity contribution >= 4 is 5.69 Å². The van der Waals surface area contributed by atoms with Crippen LogP contribution in [0.1, 0.15) is 19.8 Å². The van der Waals surface area contributed by atoms with Crippen LogP contribution in [0.25, 0.3) is 0 Å². The Balaban J connectivity index is 2.57. The van der Waals surface area contributed by atoms with Crippen LogP contribution in [-0.4, -0.2) is 31.9 Å². The van der Waals surface area contributed by atoms with Crippen molar-refractivity contribution in [1.82, 2.24) is 0 Å². The number of rotatable bonds is 7. The number of phenols is 1. The first-order valence-corrected chi connectivity index (χ1v) is 5.81. The third kappa shape index (κ3) is 4.11. The van der Waals surface area contributed by atoms with Gasteiger partial charge in [0.15, 0.2) is 0 Å². The molecule has 0 fully saturated rings. The molecule has 1 aromatic rings. The summed E-state index contributed by atoms with van der Waals surface area (Å²) in [5.41, 5.74) is 1.16. The number of phenolic OH excluding ortho intramolecular Hbond substituents is 1. The molecule has 1 aromatic carbocycles. The van der Waals surface area contributed by atoms with Crippen LogP contribution in [0.3, 0.4) is 0 Å². The summed E-state index contributed by atoms with van der Waals surface area (Å²) in [6.45, 7) is 4.99. The van der Waals surface area contributed by atoms with Crippen LogP contribution in [0.4, 0.5) is 5.69 Å². The van der Waals surface area contributed by atoms with Crippen molar-refractivity contribution in [1.29, 1.82) is 0 Å². The first-order chi connectivity index (χ1) is 7.77. The molecule has 0 unspecified atom stereocenters. The average Bonchev–Trinajstić information content (AvgIpc) is 2.29. The summed E-state index contributed by atoms with van der Waals surface area (Å²) in [6.07, 6.45) is 2.14. The third-order valence-electron chi connectivity index (χ3n) is 2.48. The van der Waals surface area contributed by atoms with Gasteiger partial charge >= 0.3 is 0 Å². The lowest BCUT2D eigenvalue weighted by Crippen LogP contribution is -2.25. The van der Waals surface area contributed by atoms with E-state index in [4.69, 9.17) is 4.74 Å². The van der Waals surface area contributed by atoms with Gasteiger partial charge in [-0.05, 0) is 37.1 Å². The van der Waals surface area contributed by atoms with Crippen LogP contribution in [0.5, 0.6) is 5.75 Å². The van der Waals surface area contributed by atoms with Crippen LogP contribution in [0, 0.1) is 0 Å². The van der Waals surface area contributed by atoms with Crippen LogP contribution in [-0.2, 0) is 4.74 Å². The van der Waals surface area contributed by atoms with Gasteiger partial charge in [0.1, 0.15) is 5.75 Å². The highest BCUT2D eigenvalue weighted by Gasteiger charge is 2.04. The molecule has 3 heteroatoms. The topological polar surface area (TPSA) is 32.7 Å². The second-order valence-electron chi connectivity index (χ2n) is 3.85. The van der Waals surface area contributed by atoms with E-state index >= 15 is 0 Å². The van der Waals surface area contributed by atoms with Crippen LogP contribution in [0.15, 0.2) is 24.3 Å². The molecule has 0 aliphatic carbocycles. The number of hydrogen-bond donors (Lipinski definition) is 1. The van der Waals surface area contributed by atoms with Crippen molar-refractivity contribution in [2.75, 3.05) is 31.7 Å². The first-order valence-electron chi connectivity index (χ1n) is 5.81. The third-order valence-corrected chi connectivity index (χ3v) is 2.48. The molecule has 90 valence electrons. The summed E-state index contributed by atoms with van der Waals surface area (Å²) in [4.78, 5) is 2.32. The van der Waals surface area contributed by atoms with Crippen LogP contribution < -0.4 is 4.90 Å². The van der Waals surface area contributed by atoms with Gasteiger partial charge in [-0.1, -0.05) is 6.92 Å². The van der Waals surface area contributed by atoms with Gasteiger partial charge in [-0.25, -0.2) is 0 Å². The highest BCUT2D eigenvalue weighted by molar-refractivity contribution is 5.48. The van der Waals surface area contributed by atoms with Crippen molar-refractivity contribution in [3.8, 4) is 5.75 Å². The second kappa shape index (κ2) is 7.12. The van der Waals surface area contributed by atoms with E-state index in [2.05, 4.69) is 11.8 Å². The molecule has 1 N–H and O–H groups in total. The van der Waals surface area contributed by atoms with E-state index in [-0.39, 0.29) is 0 Å². The number of benzene rings is 1. The summed E-state index contributed by atoms with van der Waals surface area (Å²) in [5.74, 6) is 0.317. The predicted molar refractivity (Wildman–Crippen MR) is 67.1 cm³/mol. The monoisotopic (exact) mass is 223 g/mol. The number of ether oxygens (including phenoxy) is 1. The SMILES string of the molecule is CCCN(CCCOC)c1ccc(O)cc1. The zero-order valence-electron chi connectivity index (χ0n) is 10.1. The standard InChI is InChI=1S/C13H21NO2/c1-3-9-14(10-4-11-16-2)12-5-7-13(15)8-6-12/h5-8,15H,3-4,9-11H2,1-2H3. The molecule has 0 radical (unpaired) electrons. The molecule has 0 aliphatic heterocycles. The van der Waals surface area contributed by atoms with Gasteiger partial charge in [-0.2, -0.15) is 0 Å². The molecule has 0 amide bonds. The maximum absolute atomic E-state index is 9.24. The predicted octanol–water partition coefficient (Wildman–Crippen LogP) is 2.65. The molecule has 3 nitrogen and oxygen atoms in total. The van der Waals surface area contributed by atoms with E-state index in [1.54, 1.807) is 19.2 Å². The largest absolute Gasteiger partial charge is 0.508 e. The van der Waals surface area contributed by atoms with Crippen molar-refractivity contribution < 1.29 is 9.84 Å². The van der Waals surface area contributed by atoms with E-state index in [1.165, 1.54) is 0 Å². The molecule has 1 rings (SSSR count). The zero-order chi connectivity index (χ0) is 11.8. The normalized spacial score (nSPS) is 10.4. The van der Waals surface area contributed by atoms with Gasteiger partial charge in [-0.3, -0.25) is 0 Å². The average molecular weight is 223 g/mol. The lowest BCUT2D eigenvalue weighted by Gasteiger charge is -2.24. The molecule has 16 heavy (non-hydrogen) atoms. The minimum Gasteiger partial charge on any atom is -0.508 e. The van der Waals surface area contributed by atoms with Gasteiger partial charge in [0.2, 0.25) is 0 Å². The lowest BCUT2D eigenvalue weighted by atomic mass is 10.2. The summed E-state index contributed by atoms with van der Waals surface area (Å²) in [5, 5.41) is 9.24. The summed E-state index contributed by atoms with van der Waals surface area (Å²) in [6, 6.07) is 7.37. The molecule has 0 spiro atoms. The molecule has 0 bridgehead atoms. The zero-order valence-corrected chi connectivity index (χ0v) is 10.1. The van der Waals surface area contributed by atoms with Crippen molar-refractivity contribution in [2.45, 2.75) is 19.8 Å². The van der Waals surface area contributed by atoms with Crippen molar-refractivity contribution in [2.24, 2.45) is 0 Å². The minimum absolute atomic E-state index is 0.317. The Morgan fingerprint density at radius 2 is 1.88 bits per heavy atom. The number of aromatic hydroxyl groups is 1. The summed E-state index contributed by atoms with van der Waals surface area (Å²) < 4.78 is 5.06. The molecule has 0 saturated carbocycles. The number of anilines is 1. The molecular formula is C13H21NO2. The fraction of sp³-hybridized carbons (Fsp3) is 0.538. The van der Waals surface area contributed by atoms with Gasteiger partial charge in [0.25, 0.3) is 0 Å². The van der Waals surface area contributed by atoms with Gasteiger partial charge in [0, 0.05) is 32.5 Å². The highest BCUT2D eigenvalue weighted by atomic mass is 16.5. The Bertz CT molecular complexity index is 284. The van der Waals surface area contributed by atoms with Gasteiger partial charge in [-0.15, -0.1) is 0 Å². The first kappa shape index (κ1) is 12.8. The Morgan fingerprint density at radius 3 is 2.44 bits per heavy atom. The van der Waals surface area contributed by atoms with Crippen LogP contribution in [0.2, 0.25) is 0 Å². The van der Waals surface area contributed by atoms with E-state index in [0.717, 1.165) is 38.2 Å². The summed E-state index contributed by atoms with van der Waals surface area (Å²) >= 11 is 0. The molecule has 0 aliphatic rings. The van der Waals surface area contributed by atoms with E-state index in [9.17, 15) is 5.11 Å². The lowest BCUT2D eigenvalue weighted by molar-refractivity contribution is 0.196. The maximum Gasteiger partial charge on any atom is 0.115 e. The van der Waals surface area contributed by atoms with Crippen molar-refractivity contribution in [3.05, 3.63) is 24.3 Å². The smallest absolute Gasteiger partial charge is 0.115 e. The molecule has 0 saturated heterocycles. The van der Waals surface area contributed by atoms with Crippen LogP contribution >= 0.6 is 0 Å². The minimum atomic E-state index is 0.317. The fourth-order valence-electron chi connectivity index (χ4n) is 1.70. The summed E-state index contributed by atoms with van der Waals surface area (Å²) in [7, 11) is 1.73. The second-order valence-corrected chi connectivity index (χ2v) is 3.85. The number of hydrogen-bond acceptors (Lipinski definition) is 3. The Labute approximate surface area is 97.7 Å². The quantitative estimate of drug-likeness (QED) is 0.721. The fourth-order valence-corrected chi connectivity index (χ4v) is 1.70.